The Balaban J connectivity index is 0.853. The van der Waals surface area contributed by atoms with Crippen LogP contribution < -0.4 is 26.0 Å². The molecule has 78 heavy (non-hydrogen) atoms. The fourth-order valence-corrected chi connectivity index (χ4v) is 12.1. The van der Waals surface area contributed by atoms with Crippen molar-refractivity contribution in [3.8, 4) is 16.2 Å². The number of halogens is 1. The predicted molar refractivity (Wildman–Crippen MR) is 307 cm³/mol. The molecule has 1 unspecified atom stereocenters. The number of ether oxygens (including phenoxy) is 1. The van der Waals surface area contributed by atoms with Crippen molar-refractivity contribution in [2.24, 2.45) is 5.41 Å². The summed E-state index contributed by atoms with van der Waals surface area (Å²) in [5.74, 6) is 0.411. The fourth-order valence-electron chi connectivity index (χ4n) is 9.95. The number of nitrogens with one attached hydrogen (secondary N) is 4. The van der Waals surface area contributed by atoms with E-state index in [9.17, 15) is 32.7 Å². The van der Waals surface area contributed by atoms with Crippen molar-refractivity contribution >= 4 is 79.5 Å². The van der Waals surface area contributed by atoms with E-state index in [1.807, 2.05) is 82.3 Å². The Bertz CT molecular complexity index is 3030. The zero-order chi connectivity index (χ0) is 56.5. The number of likely N-dealkylation sites (tertiary alicyclic amines) is 2. The van der Waals surface area contributed by atoms with Crippen LogP contribution in [0.4, 0.5) is 23.1 Å². The number of hydrogen-bond donors (Lipinski definition) is 5. The molecule has 7 rings (SSSR count). The maximum atomic E-state index is 14.1. The van der Waals surface area contributed by atoms with Crippen LogP contribution in [0.3, 0.4) is 0 Å². The normalized spacial score (nSPS) is 16.6. The van der Waals surface area contributed by atoms with E-state index in [4.69, 9.17) is 16.3 Å². The van der Waals surface area contributed by atoms with Crippen LogP contribution in [0, 0.1) is 19.3 Å². The van der Waals surface area contributed by atoms with Gasteiger partial charge in [0, 0.05) is 45.4 Å². The topological polar surface area (TPSA) is 225 Å². The van der Waals surface area contributed by atoms with E-state index in [1.54, 1.807) is 49.4 Å². The quantitative estimate of drug-likeness (QED) is 0.0407. The molecule has 4 amide bonds. The van der Waals surface area contributed by atoms with E-state index >= 15 is 0 Å². The predicted octanol–water partition coefficient (Wildman–Crippen LogP) is 10.2. The molecule has 2 aliphatic rings. The molecule has 0 saturated carbocycles. The van der Waals surface area contributed by atoms with Gasteiger partial charge in [-0.25, -0.2) is 18.4 Å². The number of aliphatic hydroxyl groups excluding tert-OH is 1. The maximum Gasteiger partial charge on any atom is 0.246 e. The maximum absolute atomic E-state index is 14.1. The number of carbonyl (C=O) groups excluding carboxylic acids is 4. The lowest BCUT2D eigenvalue weighted by Gasteiger charge is -2.35. The molecule has 4 heterocycles. The van der Waals surface area contributed by atoms with Crippen LogP contribution in [0.15, 0.2) is 77.3 Å². The molecular weight excluding hydrogens is 1050 g/mol. The van der Waals surface area contributed by atoms with Crippen LogP contribution in [0.1, 0.15) is 135 Å². The summed E-state index contributed by atoms with van der Waals surface area (Å²) in [5, 5.41) is 22.5. The summed E-state index contributed by atoms with van der Waals surface area (Å²) in [6.07, 6.45) is 5.62. The number of anilines is 4. The minimum absolute atomic E-state index is 0.000236. The van der Waals surface area contributed by atoms with E-state index in [2.05, 4.69) is 49.2 Å². The van der Waals surface area contributed by atoms with Crippen molar-refractivity contribution < 1.29 is 37.4 Å². The van der Waals surface area contributed by atoms with Crippen LogP contribution >= 0.6 is 22.9 Å². The molecule has 20 heteroatoms. The molecule has 17 nitrogen and oxygen atoms in total. The summed E-state index contributed by atoms with van der Waals surface area (Å²) in [4.78, 5) is 72.3. The number of aromatic nitrogens is 3. The first kappa shape index (κ1) is 59.5. The standard InChI is InChI=1S/C58H76ClN9O8S2/c1-35(2)76-48-30-43(37(5)28-46(48)64-57-61-32-44(59)54(66-57)63-45-16-14-15-17-49(45)78(74,75)36(3)4)40-24-26-67(27-25-40)51(71)19-13-11-10-12-18-50(70)65-53(58(7,8)9)56(73)68-33-42(69)29-47(68)55(72)60-31-39-20-22-41(23-21-39)52-38(6)62-34-77-52/h14-17,20-23,28,30,32,34-36,40,42,47,53,69H,10-13,18-19,24-27,29,31,33H2,1-9H3,(H,60,72)(H,65,70)(H2,61,63,64,66)/t42-,47+,53?/m1/s1. The third kappa shape index (κ3) is 15.1. The number of rotatable bonds is 22. The molecular formula is C58H76ClN9O8S2. The number of benzene rings is 3. The van der Waals surface area contributed by atoms with Crippen LogP contribution in [-0.4, -0.2) is 111 Å². The van der Waals surface area contributed by atoms with Gasteiger partial charge in [-0.3, -0.25) is 19.2 Å². The molecule has 3 atom stereocenters. The molecule has 5 N–H and O–H groups in total. The van der Waals surface area contributed by atoms with Crippen LogP contribution in [0.25, 0.3) is 10.4 Å². The SMILES string of the molecule is Cc1cc(Nc2ncc(Cl)c(Nc3ccccc3S(=O)(=O)C(C)C)n2)c(OC(C)C)cc1C1CCN(C(=O)CCCCCCC(=O)NC(C(=O)N2C[C@H](O)C[C@H]2C(=O)NCc2ccc(-c3scnc3C)cc2)C(C)(C)C)CC1. The van der Waals surface area contributed by atoms with Gasteiger partial charge in [-0.05, 0) is 125 Å². The minimum atomic E-state index is -3.60. The van der Waals surface area contributed by atoms with Crippen molar-refractivity contribution in [3.05, 3.63) is 99.8 Å². The van der Waals surface area contributed by atoms with Gasteiger partial charge >= 0.3 is 0 Å². The van der Waals surface area contributed by atoms with Gasteiger partial charge < -0.3 is 40.9 Å². The summed E-state index contributed by atoms with van der Waals surface area (Å²) in [6.45, 7) is 18.3. The lowest BCUT2D eigenvalue weighted by atomic mass is 9.85. The van der Waals surface area contributed by atoms with Gasteiger partial charge in [0.2, 0.25) is 29.6 Å². The summed E-state index contributed by atoms with van der Waals surface area (Å²) in [5.41, 5.74) is 7.26. The Morgan fingerprint density at radius 1 is 0.897 bits per heavy atom. The number of aliphatic hydroxyl groups is 1. The Hall–Kier alpha value is -6.15. The Kier molecular flexibility index (Phi) is 20.0. The van der Waals surface area contributed by atoms with Crippen molar-refractivity contribution in [2.45, 2.75) is 167 Å². The van der Waals surface area contributed by atoms with Gasteiger partial charge in [-0.2, -0.15) is 4.98 Å². The molecule has 5 aromatic rings. The molecule has 0 radical (unpaired) electrons. The number of carbonyl (C=O) groups is 4. The highest BCUT2D eigenvalue weighted by molar-refractivity contribution is 7.92. The van der Waals surface area contributed by atoms with Crippen LogP contribution in [0.2, 0.25) is 5.02 Å². The molecule has 0 spiro atoms. The van der Waals surface area contributed by atoms with E-state index < -0.39 is 44.6 Å². The lowest BCUT2D eigenvalue weighted by molar-refractivity contribution is -0.144. The monoisotopic (exact) mass is 1130 g/mol. The first-order valence-corrected chi connectivity index (χ1v) is 29.8. The largest absolute Gasteiger partial charge is 0.489 e. The van der Waals surface area contributed by atoms with Crippen molar-refractivity contribution in [1.82, 2.24) is 35.4 Å². The summed E-state index contributed by atoms with van der Waals surface area (Å²) >= 11 is 8.10. The van der Waals surface area contributed by atoms with E-state index in [1.165, 1.54) is 11.1 Å². The van der Waals surface area contributed by atoms with E-state index in [-0.39, 0.29) is 77.4 Å². The van der Waals surface area contributed by atoms with Crippen LogP contribution in [-0.2, 0) is 35.6 Å². The van der Waals surface area contributed by atoms with Crippen molar-refractivity contribution in [3.63, 3.8) is 0 Å². The number of unbranched alkanes of at least 4 members (excludes halogenated alkanes) is 3. The number of thiazole rings is 1. The second-order valence-electron chi connectivity index (χ2n) is 22.1. The molecule has 420 valence electrons. The Morgan fingerprint density at radius 2 is 1.59 bits per heavy atom. The number of β-amino-alcohol motifs (C(OH)–C–C–N with tert-alkyl or cyclic N) is 1. The first-order chi connectivity index (χ1) is 37.0. The number of aryl methyl sites for hydroxylation is 2. The van der Waals surface area contributed by atoms with Gasteiger partial charge in [0.25, 0.3) is 0 Å². The van der Waals surface area contributed by atoms with E-state index in [0.29, 0.717) is 49.5 Å². The highest BCUT2D eigenvalue weighted by atomic mass is 35.5. The molecule has 2 aromatic heterocycles. The molecule has 0 aliphatic carbocycles. The number of para-hydroxylation sites is 1. The highest BCUT2D eigenvalue weighted by Gasteiger charge is 2.44. The highest BCUT2D eigenvalue weighted by Crippen LogP contribution is 2.39. The van der Waals surface area contributed by atoms with E-state index in [0.717, 1.165) is 58.5 Å². The third-order valence-electron chi connectivity index (χ3n) is 14.3. The first-order valence-electron chi connectivity index (χ1n) is 27.0. The number of hydrogen-bond acceptors (Lipinski definition) is 14. The van der Waals surface area contributed by atoms with Gasteiger partial charge in [0.05, 0.1) is 56.0 Å². The third-order valence-corrected chi connectivity index (χ3v) is 17.8. The second kappa shape index (κ2) is 26.2. The van der Waals surface area contributed by atoms with Crippen molar-refractivity contribution in [2.75, 3.05) is 30.3 Å². The van der Waals surface area contributed by atoms with Gasteiger partial charge in [0.1, 0.15) is 22.9 Å². The summed E-state index contributed by atoms with van der Waals surface area (Å²) < 4.78 is 32.6. The molecule has 2 fully saturated rings. The molecule has 3 aromatic carbocycles. The average Bonchev–Trinajstić information content (AvgIpc) is 4.02. The Morgan fingerprint density at radius 3 is 2.24 bits per heavy atom. The zero-order valence-electron chi connectivity index (χ0n) is 46.3. The van der Waals surface area contributed by atoms with Gasteiger partial charge in [-0.1, -0.05) is 81.6 Å². The average molecular weight is 1130 g/mol. The lowest BCUT2D eigenvalue weighted by Crippen LogP contribution is -2.57. The van der Waals surface area contributed by atoms with Gasteiger partial charge in [0.15, 0.2) is 15.7 Å². The summed E-state index contributed by atoms with van der Waals surface area (Å²) in [7, 11) is -3.60. The Labute approximate surface area is 468 Å². The molecule has 2 saturated heterocycles. The zero-order valence-corrected chi connectivity index (χ0v) is 48.7. The fraction of sp³-hybridized carbons (Fsp3) is 0.500. The minimum Gasteiger partial charge on any atom is -0.489 e. The molecule has 2 aliphatic heterocycles. The summed E-state index contributed by atoms with van der Waals surface area (Å²) in [6, 6.07) is 16.8. The number of sulfone groups is 1. The van der Waals surface area contributed by atoms with Gasteiger partial charge in [-0.15, -0.1) is 11.3 Å². The molecule has 0 bridgehead atoms. The number of nitrogens with zero attached hydrogens (tertiary/aromatic N) is 5. The van der Waals surface area contributed by atoms with Crippen LogP contribution in [0.5, 0.6) is 5.75 Å². The number of piperidine rings is 1. The van der Waals surface area contributed by atoms with Crippen molar-refractivity contribution in [1.29, 1.82) is 0 Å². The second-order valence-corrected chi connectivity index (χ2v) is 25.8. The smallest absolute Gasteiger partial charge is 0.246 e. The number of amides is 4.